The topological polar surface area (TPSA) is 61.0 Å². The van der Waals surface area contributed by atoms with E-state index in [1.165, 1.54) is 32.1 Å². The van der Waals surface area contributed by atoms with Crippen LogP contribution in [0.4, 0.5) is 0 Å². The Kier molecular flexibility index (Phi) is 5.77. The highest BCUT2D eigenvalue weighted by Gasteiger charge is 2.27. The van der Waals surface area contributed by atoms with Crippen molar-refractivity contribution >= 4 is 16.9 Å². The van der Waals surface area contributed by atoms with Gasteiger partial charge in [-0.15, -0.1) is 0 Å². The minimum absolute atomic E-state index is 0.0689. The number of carbonyl (C=O) groups excluding carboxylic acids is 1. The summed E-state index contributed by atoms with van der Waals surface area (Å²) in [6.45, 7) is 1.87. The van der Waals surface area contributed by atoms with E-state index in [9.17, 15) is 4.79 Å². The van der Waals surface area contributed by atoms with E-state index in [1.54, 1.807) is 0 Å². The first-order valence-electron chi connectivity index (χ1n) is 10.6. The van der Waals surface area contributed by atoms with E-state index >= 15 is 0 Å². The first-order chi connectivity index (χ1) is 13.2. The summed E-state index contributed by atoms with van der Waals surface area (Å²) in [6.07, 6.45) is 9.29. The van der Waals surface area contributed by atoms with Crippen LogP contribution in [0.1, 0.15) is 63.1 Å². The molecule has 1 amide bonds. The zero-order valence-electron chi connectivity index (χ0n) is 16.4. The number of nitrogens with zero attached hydrogens (tertiary/aromatic N) is 2. The Morgan fingerprint density at radius 3 is 2.78 bits per heavy atom. The molecule has 2 N–H and O–H groups in total. The molecule has 1 aliphatic heterocycles. The lowest BCUT2D eigenvalue weighted by Gasteiger charge is -2.29. The number of H-pyrrole nitrogens is 1. The molecule has 146 valence electrons. The van der Waals surface area contributed by atoms with Crippen molar-refractivity contribution in [2.75, 3.05) is 20.1 Å². The number of rotatable bonds is 4. The number of likely N-dealkylation sites (tertiary alicyclic amines) is 1. The first-order valence-corrected chi connectivity index (χ1v) is 10.6. The van der Waals surface area contributed by atoms with Crippen LogP contribution in [-0.2, 0) is 4.79 Å². The molecular formula is C22H32N4O. The molecule has 2 aromatic rings. The summed E-state index contributed by atoms with van der Waals surface area (Å²) in [5.41, 5.74) is 2.20. The molecule has 1 aromatic heterocycles. The number of amides is 1. The Hall–Kier alpha value is -1.88. The quantitative estimate of drug-likeness (QED) is 0.862. The summed E-state index contributed by atoms with van der Waals surface area (Å²) in [5.74, 6) is 2.50. The molecule has 1 aromatic carbocycles. The maximum absolute atomic E-state index is 12.6. The van der Waals surface area contributed by atoms with Crippen LogP contribution >= 0.6 is 0 Å². The summed E-state index contributed by atoms with van der Waals surface area (Å²) in [4.78, 5) is 23.1. The van der Waals surface area contributed by atoms with Crippen molar-refractivity contribution in [3.8, 4) is 0 Å². The minimum Gasteiger partial charge on any atom is -0.354 e. The highest BCUT2D eigenvalue weighted by atomic mass is 16.2. The summed E-state index contributed by atoms with van der Waals surface area (Å²) in [7, 11) is 2.09. The Labute approximate surface area is 161 Å². The number of hydrogen-bond donors (Lipinski definition) is 2. The second kappa shape index (κ2) is 8.42. The normalized spacial score (nSPS) is 27.4. The van der Waals surface area contributed by atoms with Crippen LogP contribution in [0.25, 0.3) is 11.0 Å². The summed E-state index contributed by atoms with van der Waals surface area (Å²) < 4.78 is 0. The number of benzene rings is 1. The van der Waals surface area contributed by atoms with Gasteiger partial charge in [0.2, 0.25) is 5.91 Å². The highest BCUT2D eigenvalue weighted by molar-refractivity contribution is 5.81. The van der Waals surface area contributed by atoms with Crippen molar-refractivity contribution in [3.63, 3.8) is 0 Å². The third-order valence-electron chi connectivity index (χ3n) is 6.53. The minimum atomic E-state index is 0.0689. The molecule has 1 saturated carbocycles. The molecule has 4 rings (SSSR count). The predicted molar refractivity (Wildman–Crippen MR) is 109 cm³/mol. The van der Waals surface area contributed by atoms with Crippen LogP contribution in [0, 0.1) is 5.92 Å². The van der Waals surface area contributed by atoms with Crippen molar-refractivity contribution in [3.05, 3.63) is 30.1 Å². The molecular weight excluding hydrogens is 336 g/mol. The molecule has 1 atom stereocenters. The van der Waals surface area contributed by atoms with Gasteiger partial charge in [-0.05, 0) is 70.2 Å². The van der Waals surface area contributed by atoms with Gasteiger partial charge in [0.1, 0.15) is 5.82 Å². The van der Waals surface area contributed by atoms with Gasteiger partial charge in [0, 0.05) is 12.5 Å². The van der Waals surface area contributed by atoms with Crippen LogP contribution in [0.3, 0.4) is 0 Å². The Morgan fingerprint density at radius 1 is 1.15 bits per heavy atom. The SMILES string of the molecule is CN1CCCCCC1C(=O)NCC1CCC(c2nc3ccccc3[nH]2)CC1. The van der Waals surface area contributed by atoms with Crippen molar-refractivity contribution < 1.29 is 4.79 Å². The average Bonchev–Trinajstić information content (AvgIpc) is 3.01. The van der Waals surface area contributed by atoms with Gasteiger partial charge >= 0.3 is 0 Å². The molecule has 2 fully saturated rings. The lowest BCUT2D eigenvalue weighted by atomic mass is 9.81. The van der Waals surface area contributed by atoms with Gasteiger partial charge in [-0.2, -0.15) is 0 Å². The monoisotopic (exact) mass is 368 g/mol. The molecule has 0 radical (unpaired) electrons. The van der Waals surface area contributed by atoms with Crippen LogP contribution in [0.15, 0.2) is 24.3 Å². The maximum Gasteiger partial charge on any atom is 0.237 e. The number of fused-ring (bicyclic) bond motifs is 1. The summed E-state index contributed by atoms with van der Waals surface area (Å²) in [5, 5.41) is 3.25. The zero-order chi connectivity index (χ0) is 18.6. The maximum atomic E-state index is 12.6. The fourth-order valence-electron chi connectivity index (χ4n) is 4.75. The van der Waals surface area contributed by atoms with E-state index in [-0.39, 0.29) is 11.9 Å². The van der Waals surface area contributed by atoms with Gasteiger partial charge in [-0.1, -0.05) is 25.0 Å². The van der Waals surface area contributed by atoms with Gasteiger partial charge in [0.15, 0.2) is 0 Å². The van der Waals surface area contributed by atoms with Crippen molar-refractivity contribution in [1.29, 1.82) is 0 Å². The number of nitrogens with one attached hydrogen (secondary N) is 2. The van der Waals surface area contributed by atoms with E-state index < -0.39 is 0 Å². The molecule has 1 saturated heterocycles. The predicted octanol–water partition coefficient (Wildman–Crippen LogP) is 3.83. The Balaban J connectivity index is 1.26. The van der Waals surface area contributed by atoms with Gasteiger partial charge in [-0.3, -0.25) is 9.69 Å². The number of hydrogen-bond acceptors (Lipinski definition) is 3. The molecule has 0 bridgehead atoms. The number of carbonyl (C=O) groups is 1. The second-order valence-electron chi connectivity index (χ2n) is 8.45. The highest BCUT2D eigenvalue weighted by Crippen LogP contribution is 2.35. The van der Waals surface area contributed by atoms with Gasteiger partial charge < -0.3 is 10.3 Å². The second-order valence-corrected chi connectivity index (χ2v) is 8.45. The fourth-order valence-corrected chi connectivity index (χ4v) is 4.75. The van der Waals surface area contributed by atoms with E-state index in [4.69, 9.17) is 4.98 Å². The molecule has 0 spiro atoms. The van der Waals surface area contributed by atoms with E-state index in [2.05, 4.69) is 40.4 Å². The number of likely N-dealkylation sites (N-methyl/N-ethyl adjacent to an activating group) is 1. The Bertz CT molecular complexity index is 730. The molecule has 2 aliphatic rings. The average molecular weight is 369 g/mol. The number of aromatic amines is 1. The van der Waals surface area contributed by atoms with Crippen molar-refractivity contribution in [2.45, 2.75) is 63.3 Å². The van der Waals surface area contributed by atoms with Crippen LogP contribution in [-0.4, -0.2) is 47.0 Å². The van der Waals surface area contributed by atoms with Crippen LogP contribution in [0.5, 0.6) is 0 Å². The van der Waals surface area contributed by atoms with Crippen LogP contribution < -0.4 is 5.32 Å². The van der Waals surface area contributed by atoms with Gasteiger partial charge in [0.25, 0.3) is 0 Å². The third kappa shape index (κ3) is 4.34. The van der Waals surface area contributed by atoms with Crippen molar-refractivity contribution in [2.24, 2.45) is 5.92 Å². The largest absolute Gasteiger partial charge is 0.354 e. The van der Waals surface area contributed by atoms with E-state index in [0.29, 0.717) is 11.8 Å². The molecule has 27 heavy (non-hydrogen) atoms. The van der Waals surface area contributed by atoms with Gasteiger partial charge in [-0.25, -0.2) is 4.98 Å². The number of imidazole rings is 1. The smallest absolute Gasteiger partial charge is 0.237 e. The lowest BCUT2D eigenvalue weighted by Crippen LogP contribution is -2.46. The Morgan fingerprint density at radius 2 is 1.96 bits per heavy atom. The first kappa shape index (κ1) is 18.5. The summed E-state index contributed by atoms with van der Waals surface area (Å²) in [6, 6.07) is 8.33. The van der Waals surface area contributed by atoms with E-state index in [1.807, 2.05) is 6.07 Å². The number of para-hydroxylation sites is 2. The zero-order valence-corrected chi connectivity index (χ0v) is 16.4. The van der Waals surface area contributed by atoms with E-state index in [0.717, 1.165) is 49.2 Å². The summed E-state index contributed by atoms with van der Waals surface area (Å²) >= 11 is 0. The standard InChI is InChI=1S/C22H32N4O/c1-26-14-6-2-3-9-20(26)22(27)23-15-16-10-12-17(13-11-16)21-24-18-7-4-5-8-19(18)25-21/h4-5,7-8,16-17,20H,2-3,6,9-15H2,1H3,(H,23,27)(H,24,25). The molecule has 1 aliphatic carbocycles. The van der Waals surface area contributed by atoms with Crippen LogP contribution in [0.2, 0.25) is 0 Å². The van der Waals surface area contributed by atoms with Gasteiger partial charge in [0.05, 0.1) is 17.1 Å². The molecule has 1 unspecified atom stereocenters. The molecule has 5 nitrogen and oxygen atoms in total. The molecule has 5 heteroatoms. The lowest BCUT2D eigenvalue weighted by molar-refractivity contribution is -0.126. The van der Waals surface area contributed by atoms with Crippen molar-refractivity contribution in [1.82, 2.24) is 20.2 Å². The fraction of sp³-hybridized carbons (Fsp3) is 0.636. The molecule has 2 heterocycles. The number of aromatic nitrogens is 2. The third-order valence-corrected chi connectivity index (χ3v) is 6.53.